The lowest BCUT2D eigenvalue weighted by Crippen LogP contribution is -2.44. The van der Waals surface area contributed by atoms with Crippen LogP contribution >= 0.6 is 0 Å². The second-order valence-electron chi connectivity index (χ2n) is 5.60. The van der Waals surface area contributed by atoms with E-state index in [4.69, 9.17) is 0 Å². The van der Waals surface area contributed by atoms with Gasteiger partial charge in [0.1, 0.15) is 5.75 Å². The van der Waals surface area contributed by atoms with Gasteiger partial charge in [0.25, 0.3) is 0 Å². The zero-order chi connectivity index (χ0) is 15.9. The molecule has 1 amide bonds. The Balaban J connectivity index is 1.91. The molecule has 0 bridgehead atoms. The molecule has 2 rings (SSSR count). The van der Waals surface area contributed by atoms with Gasteiger partial charge < -0.3 is 15.2 Å². The largest absolute Gasteiger partial charge is 0.435 e. The summed E-state index contributed by atoms with van der Waals surface area (Å²) in [4.78, 5) is 12.1. The van der Waals surface area contributed by atoms with Gasteiger partial charge in [0, 0.05) is 18.6 Å². The molecule has 22 heavy (non-hydrogen) atoms. The van der Waals surface area contributed by atoms with E-state index in [0.29, 0.717) is 5.56 Å². The van der Waals surface area contributed by atoms with Gasteiger partial charge in [-0.1, -0.05) is 25.0 Å². The first-order valence-corrected chi connectivity index (χ1v) is 7.52. The normalized spacial score (nSPS) is 21.6. The van der Waals surface area contributed by atoms with E-state index in [9.17, 15) is 18.7 Å². The highest BCUT2D eigenvalue weighted by molar-refractivity contribution is 5.79. The van der Waals surface area contributed by atoms with Gasteiger partial charge in [-0.15, -0.1) is 0 Å². The van der Waals surface area contributed by atoms with Crippen molar-refractivity contribution in [2.45, 2.75) is 44.8 Å². The number of carbonyl (C=O) groups excluding carboxylic acids is 1. The van der Waals surface area contributed by atoms with Gasteiger partial charge >= 0.3 is 6.61 Å². The van der Waals surface area contributed by atoms with Crippen LogP contribution in [0.4, 0.5) is 8.78 Å². The number of halogens is 2. The minimum atomic E-state index is -2.88. The van der Waals surface area contributed by atoms with Gasteiger partial charge in [-0.2, -0.15) is 8.78 Å². The summed E-state index contributed by atoms with van der Waals surface area (Å²) in [6.07, 6.45) is 4.00. The lowest BCUT2D eigenvalue weighted by atomic mass is 9.85. The molecule has 2 N–H and O–H groups in total. The zero-order valence-corrected chi connectivity index (χ0v) is 12.3. The van der Waals surface area contributed by atoms with E-state index in [1.54, 1.807) is 12.1 Å². The van der Waals surface area contributed by atoms with Crippen molar-refractivity contribution in [2.24, 2.45) is 5.92 Å². The highest BCUT2D eigenvalue weighted by Crippen LogP contribution is 2.24. The second kappa shape index (κ2) is 8.08. The number of benzene rings is 1. The van der Waals surface area contributed by atoms with Crippen LogP contribution in [0.3, 0.4) is 0 Å². The number of hydrogen-bond donors (Lipinski definition) is 2. The monoisotopic (exact) mass is 313 g/mol. The molecular formula is C16H21F2NO3. The SMILES string of the molecule is O=C(Cc1cccc(OC(F)F)c1)NC1CCCCC1CO. The third kappa shape index (κ3) is 4.94. The van der Waals surface area contributed by atoms with E-state index in [1.165, 1.54) is 12.1 Å². The van der Waals surface area contributed by atoms with Crippen LogP contribution in [-0.2, 0) is 11.2 Å². The Morgan fingerprint density at radius 2 is 2.14 bits per heavy atom. The van der Waals surface area contributed by atoms with Crippen LogP contribution in [0.25, 0.3) is 0 Å². The van der Waals surface area contributed by atoms with Gasteiger partial charge in [0.05, 0.1) is 6.42 Å². The Labute approximate surface area is 128 Å². The van der Waals surface area contributed by atoms with Crippen molar-refractivity contribution >= 4 is 5.91 Å². The summed E-state index contributed by atoms with van der Waals surface area (Å²) < 4.78 is 28.7. The highest BCUT2D eigenvalue weighted by Gasteiger charge is 2.25. The Morgan fingerprint density at radius 3 is 2.86 bits per heavy atom. The molecule has 1 aromatic carbocycles. The molecule has 0 aromatic heterocycles. The predicted octanol–water partition coefficient (Wildman–Crippen LogP) is 2.50. The Hall–Kier alpha value is -1.69. The topological polar surface area (TPSA) is 58.6 Å². The van der Waals surface area contributed by atoms with Gasteiger partial charge in [0.15, 0.2) is 0 Å². The molecule has 1 fully saturated rings. The van der Waals surface area contributed by atoms with E-state index in [-0.39, 0.29) is 36.6 Å². The van der Waals surface area contributed by atoms with Gasteiger partial charge in [-0.05, 0) is 30.5 Å². The molecule has 0 aliphatic heterocycles. The van der Waals surface area contributed by atoms with Crippen molar-refractivity contribution in [2.75, 3.05) is 6.61 Å². The Kier molecular flexibility index (Phi) is 6.12. The van der Waals surface area contributed by atoms with Crippen LogP contribution in [0.15, 0.2) is 24.3 Å². The number of rotatable bonds is 6. The maximum atomic E-state index is 12.2. The smallest absolute Gasteiger partial charge is 0.387 e. The minimum Gasteiger partial charge on any atom is -0.435 e. The van der Waals surface area contributed by atoms with Crippen LogP contribution in [0.2, 0.25) is 0 Å². The number of nitrogens with one attached hydrogen (secondary N) is 1. The summed E-state index contributed by atoms with van der Waals surface area (Å²) in [5.74, 6) is -0.0167. The second-order valence-corrected chi connectivity index (χ2v) is 5.60. The van der Waals surface area contributed by atoms with Gasteiger partial charge in [0.2, 0.25) is 5.91 Å². The molecule has 2 atom stereocenters. The molecule has 6 heteroatoms. The first-order valence-electron chi connectivity index (χ1n) is 7.52. The van der Waals surface area contributed by atoms with Crippen LogP contribution in [-0.4, -0.2) is 30.3 Å². The molecule has 1 aliphatic rings. The quantitative estimate of drug-likeness (QED) is 0.848. The summed E-state index contributed by atoms with van der Waals surface area (Å²) in [5.41, 5.74) is 0.618. The number of amides is 1. The Bertz CT molecular complexity index is 496. The van der Waals surface area contributed by atoms with E-state index >= 15 is 0 Å². The maximum Gasteiger partial charge on any atom is 0.387 e. The van der Waals surface area contributed by atoms with Crippen molar-refractivity contribution in [3.8, 4) is 5.75 Å². The van der Waals surface area contributed by atoms with Gasteiger partial charge in [-0.25, -0.2) is 0 Å². The number of carbonyl (C=O) groups is 1. The molecule has 0 heterocycles. The molecule has 4 nitrogen and oxygen atoms in total. The molecular weight excluding hydrogens is 292 g/mol. The summed E-state index contributed by atoms with van der Waals surface area (Å²) in [6.45, 7) is -2.81. The third-order valence-electron chi connectivity index (χ3n) is 3.98. The lowest BCUT2D eigenvalue weighted by Gasteiger charge is -2.30. The fourth-order valence-corrected chi connectivity index (χ4v) is 2.89. The highest BCUT2D eigenvalue weighted by atomic mass is 19.3. The molecule has 0 saturated heterocycles. The molecule has 1 aromatic rings. The van der Waals surface area contributed by atoms with Crippen molar-refractivity contribution in [3.05, 3.63) is 29.8 Å². The average molecular weight is 313 g/mol. The van der Waals surface area contributed by atoms with E-state index in [2.05, 4.69) is 10.1 Å². The number of aliphatic hydroxyl groups is 1. The summed E-state index contributed by atoms with van der Waals surface area (Å²) in [6, 6.07) is 6.14. The van der Waals surface area contributed by atoms with Crippen molar-refractivity contribution < 1.29 is 23.4 Å². The van der Waals surface area contributed by atoms with Gasteiger partial charge in [-0.3, -0.25) is 4.79 Å². The molecule has 1 aliphatic carbocycles. The Morgan fingerprint density at radius 1 is 1.36 bits per heavy atom. The maximum absolute atomic E-state index is 12.2. The standard InChI is InChI=1S/C16H21F2NO3/c17-16(18)22-13-6-3-4-11(8-13)9-15(21)19-14-7-2-1-5-12(14)10-20/h3-4,6,8,12,14,16,20H,1-2,5,7,9-10H2,(H,19,21). The minimum absolute atomic E-state index is 0.00764. The van der Waals surface area contributed by atoms with Crippen molar-refractivity contribution in [1.29, 1.82) is 0 Å². The third-order valence-corrected chi connectivity index (χ3v) is 3.98. The first kappa shape index (κ1) is 16.7. The summed E-state index contributed by atoms with van der Waals surface area (Å²) >= 11 is 0. The zero-order valence-electron chi connectivity index (χ0n) is 12.3. The first-order chi connectivity index (χ1) is 10.6. The van der Waals surface area contributed by atoms with Crippen LogP contribution < -0.4 is 10.1 Å². The molecule has 1 saturated carbocycles. The predicted molar refractivity (Wildman–Crippen MR) is 77.8 cm³/mol. The molecule has 0 spiro atoms. The molecule has 122 valence electrons. The fraction of sp³-hybridized carbons (Fsp3) is 0.562. The number of aliphatic hydroxyl groups excluding tert-OH is 1. The summed E-state index contributed by atoms with van der Waals surface area (Å²) in [5, 5.41) is 12.3. The van der Waals surface area contributed by atoms with Crippen molar-refractivity contribution in [1.82, 2.24) is 5.32 Å². The number of hydrogen-bond acceptors (Lipinski definition) is 3. The van der Waals surface area contributed by atoms with E-state index < -0.39 is 6.61 Å². The summed E-state index contributed by atoms with van der Waals surface area (Å²) in [7, 11) is 0. The number of ether oxygens (including phenoxy) is 1. The fourth-order valence-electron chi connectivity index (χ4n) is 2.89. The van der Waals surface area contributed by atoms with Crippen molar-refractivity contribution in [3.63, 3.8) is 0 Å². The van der Waals surface area contributed by atoms with Crippen LogP contribution in [0, 0.1) is 5.92 Å². The molecule has 0 radical (unpaired) electrons. The molecule has 2 unspecified atom stereocenters. The van der Waals surface area contributed by atoms with E-state index in [1.807, 2.05) is 0 Å². The van der Waals surface area contributed by atoms with E-state index in [0.717, 1.165) is 25.7 Å². The van der Waals surface area contributed by atoms with Crippen LogP contribution in [0.1, 0.15) is 31.2 Å². The lowest BCUT2D eigenvalue weighted by molar-refractivity contribution is -0.121. The van der Waals surface area contributed by atoms with Crippen LogP contribution in [0.5, 0.6) is 5.75 Å². The average Bonchev–Trinajstić information content (AvgIpc) is 2.47. The number of alkyl halides is 2.